The standard InChI is InChI=1S/C24H23ClN6O3/c1-4-20(32)30-8-10-31(11-9-30)23-15-6-5-7-19(21(15)27-24(28-23)33-3)34-22-14(2)17(25)12-18-16(22)13-26-29-18/h4-7,12-13H,1,8-11H2,2-3H3,(H,26,29). The first-order chi connectivity index (χ1) is 16.5. The zero-order chi connectivity index (χ0) is 23.8. The first kappa shape index (κ1) is 22.0. The topological polar surface area (TPSA) is 96.5 Å². The molecular weight excluding hydrogens is 456 g/mol. The summed E-state index contributed by atoms with van der Waals surface area (Å²) in [5.74, 6) is 1.82. The maximum atomic E-state index is 12.0. The molecule has 1 N–H and O–H groups in total. The highest BCUT2D eigenvalue weighted by molar-refractivity contribution is 6.32. The van der Waals surface area contributed by atoms with Crippen molar-refractivity contribution in [2.45, 2.75) is 6.92 Å². The van der Waals surface area contributed by atoms with Crippen molar-refractivity contribution in [3.8, 4) is 17.5 Å². The van der Waals surface area contributed by atoms with Crippen molar-refractivity contribution < 1.29 is 14.3 Å². The van der Waals surface area contributed by atoms with E-state index in [1.807, 2.05) is 31.2 Å². The number of piperazine rings is 1. The Labute approximate surface area is 200 Å². The molecule has 1 saturated heterocycles. The van der Waals surface area contributed by atoms with Crippen molar-refractivity contribution in [1.82, 2.24) is 25.1 Å². The lowest BCUT2D eigenvalue weighted by atomic mass is 10.1. The molecule has 0 aliphatic carbocycles. The van der Waals surface area contributed by atoms with Gasteiger partial charge in [-0.05, 0) is 31.2 Å². The first-order valence-electron chi connectivity index (χ1n) is 10.8. The van der Waals surface area contributed by atoms with Crippen molar-refractivity contribution >= 4 is 45.1 Å². The molecule has 3 heterocycles. The molecule has 4 aromatic rings. The summed E-state index contributed by atoms with van der Waals surface area (Å²) in [6.07, 6.45) is 3.06. The van der Waals surface area contributed by atoms with Crippen LogP contribution in [-0.4, -0.2) is 64.3 Å². The molecule has 1 fully saturated rings. The number of fused-ring (bicyclic) bond motifs is 2. The van der Waals surface area contributed by atoms with Crippen molar-refractivity contribution in [1.29, 1.82) is 0 Å². The van der Waals surface area contributed by atoms with Crippen LogP contribution in [0.5, 0.6) is 17.5 Å². The Morgan fingerprint density at radius 3 is 2.74 bits per heavy atom. The number of carbonyl (C=O) groups is 1. The molecule has 2 aromatic heterocycles. The lowest BCUT2D eigenvalue weighted by Crippen LogP contribution is -2.48. The molecule has 5 rings (SSSR count). The number of aromatic nitrogens is 4. The largest absolute Gasteiger partial charge is 0.467 e. The SMILES string of the molecule is C=CC(=O)N1CCN(c2nc(OC)nc3c(Oc4c(C)c(Cl)cc5[nH]ncc45)cccc23)CC1. The predicted molar refractivity (Wildman–Crippen MR) is 131 cm³/mol. The van der Waals surface area contributed by atoms with Crippen LogP contribution < -0.4 is 14.4 Å². The van der Waals surface area contributed by atoms with Crippen LogP contribution in [-0.2, 0) is 4.79 Å². The number of para-hydroxylation sites is 1. The Morgan fingerprint density at radius 1 is 1.21 bits per heavy atom. The van der Waals surface area contributed by atoms with E-state index in [1.165, 1.54) is 13.2 Å². The van der Waals surface area contributed by atoms with Gasteiger partial charge in [-0.1, -0.05) is 24.2 Å². The summed E-state index contributed by atoms with van der Waals surface area (Å²) >= 11 is 6.44. The van der Waals surface area contributed by atoms with Gasteiger partial charge in [0.2, 0.25) is 5.91 Å². The van der Waals surface area contributed by atoms with Crippen LogP contribution in [0.15, 0.2) is 43.1 Å². The van der Waals surface area contributed by atoms with E-state index in [2.05, 4.69) is 31.6 Å². The summed E-state index contributed by atoms with van der Waals surface area (Å²) in [5.41, 5.74) is 2.20. The molecule has 0 unspecified atom stereocenters. The van der Waals surface area contributed by atoms with Crippen molar-refractivity contribution in [2.75, 3.05) is 38.2 Å². The summed E-state index contributed by atoms with van der Waals surface area (Å²) in [7, 11) is 1.53. The number of methoxy groups -OCH3 is 1. The third kappa shape index (κ3) is 3.77. The van der Waals surface area contributed by atoms with E-state index < -0.39 is 0 Å². The van der Waals surface area contributed by atoms with E-state index in [0.29, 0.717) is 48.2 Å². The normalized spacial score (nSPS) is 14.0. The number of nitrogens with one attached hydrogen (secondary N) is 1. The Bertz CT molecular complexity index is 1410. The van der Waals surface area contributed by atoms with Crippen molar-refractivity contribution in [3.63, 3.8) is 0 Å². The van der Waals surface area contributed by atoms with Crippen LogP contribution in [0, 0.1) is 6.92 Å². The summed E-state index contributed by atoms with van der Waals surface area (Å²) < 4.78 is 11.8. The minimum atomic E-state index is -0.0667. The van der Waals surface area contributed by atoms with Gasteiger partial charge < -0.3 is 19.3 Å². The van der Waals surface area contributed by atoms with E-state index >= 15 is 0 Å². The molecular formula is C24H23ClN6O3. The van der Waals surface area contributed by atoms with E-state index in [4.69, 9.17) is 21.1 Å². The third-order valence-corrected chi connectivity index (χ3v) is 6.38. The van der Waals surface area contributed by atoms with Crippen LogP contribution in [0.25, 0.3) is 21.8 Å². The highest BCUT2D eigenvalue weighted by Gasteiger charge is 2.24. The van der Waals surface area contributed by atoms with Crippen molar-refractivity contribution in [3.05, 3.63) is 53.7 Å². The van der Waals surface area contributed by atoms with Gasteiger partial charge in [0.1, 0.15) is 17.1 Å². The monoisotopic (exact) mass is 478 g/mol. The quantitative estimate of drug-likeness (QED) is 0.431. The molecule has 0 spiro atoms. The van der Waals surface area contributed by atoms with Crippen LogP contribution in [0.2, 0.25) is 5.02 Å². The van der Waals surface area contributed by atoms with Crippen LogP contribution >= 0.6 is 11.6 Å². The number of hydrogen-bond acceptors (Lipinski definition) is 7. The number of rotatable bonds is 5. The molecule has 10 heteroatoms. The van der Waals surface area contributed by atoms with Gasteiger partial charge in [0, 0.05) is 42.2 Å². The Kier molecular flexibility index (Phi) is 5.70. The second-order valence-corrected chi connectivity index (χ2v) is 8.36. The second kappa shape index (κ2) is 8.83. The van der Waals surface area contributed by atoms with E-state index in [1.54, 1.807) is 11.1 Å². The Morgan fingerprint density at radius 2 is 2.00 bits per heavy atom. The highest BCUT2D eigenvalue weighted by atomic mass is 35.5. The fourth-order valence-corrected chi connectivity index (χ4v) is 4.34. The second-order valence-electron chi connectivity index (χ2n) is 7.95. The number of amides is 1. The number of carbonyl (C=O) groups excluding carboxylic acids is 1. The Hall–Kier alpha value is -3.85. The van der Waals surface area contributed by atoms with Gasteiger partial charge in [-0.2, -0.15) is 15.1 Å². The van der Waals surface area contributed by atoms with E-state index in [-0.39, 0.29) is 11.9 Å². The summed E-state index contributed by atoms with van der Waals surface area (Å²) in [4.78, 5) is 25.1. The number of H-pyrrole nitrogens is 1. The molecule has 34 heavy (non-hydrogen) atoms. The average molecular weight is 479 g/mol. The summed E-state index contributed by atoms with van der Waals surface area (Å²) in [6.45, 7) is 7.89. The minimum Gasteiger partial charge on any atom is -0.467 e. The number of nitrogens with zero attached hydrogens (tertiary/aromatic N) is 5. The fourth-order valence-electron chi connectivity index (χ4n) is 4.15. The molecule has 0 saturated carbocycles. The zero-order valence-electron chi connectivity index (χ0n) is 18.8. The Balaban J connectivity index is 1.57. The number of anilines is 1. The van der Waals surface area contributed by atoms with Gasteiger partial charge in [0.25, 0.3) is 0 Å². The molecule has 1 amide bonds. The molecule has 0 atom stereocenters. The number of aromatic amines is 1. The number of benzene rings is 2. The van der Waals surface area contributed by atoms with Crippen molar-refractivity contribution in [2.24, 2.45) is 0 Å². The number of ether oxygens (including phenoxy) is 2. The predicted octanol–water partition coefficient (Wildman–Crippen LogP) is 4.10. The number of halogens is 1. The first-order valence-corrected chi connectivity index (χ1v) is 11.2. The van der Waals surface area contributed by atoms with Gasteiger partial charge in [-0.15, -0.1) is 0 Å². The van der Waals surface area contributed by atoms with Gasteiger partial charge in [0.05, 0.1) is 24.2 Å². The van der Waals surface area contributed by atoms with Gasteiger partial charge in [0.15, 0.2) is 5.75 Å². The lowest BCUT2D eigenvalue weighted by molar-refractivity contribution is -0.126. The average Bonchev–Trinajstić information content (AvgIpc) is 3.33. The fraction of sp³-hybridized carbons (Fsp3) is 0.250. The third-order valence-electron chi connectivity index (χ3n) is 5.99. The molecule has 2 aromatic carbocycles. The van der Waals surface area contributed by atoms with Crippen LogP contribution in [0.1, 0.15) is 5.56 Å². The maximum Gasteiger partial charge on any atom is 0.318 e. The molecule has 174 valence electrons. The molecule has 0 radical (unpaired) electrons. The van der Waals surface area contributed by atoms with Gasteiger partial charge in [-0.3, -0.25) is 9.89 Å². The number of hydrogen-bond donors (Lipinski definition) is 1. The van der Waals surface area contributed by atoms with E-state index in [9.17, 15) is 4.79 Å². The molecule has 9 nitrogen and oxygen atoms in total. The molecule has 1 aliphatic heterocycles. The smallest absolute Gasteiger partial charge is 0.318 e. The van der Waals surface area contributed by atoms with Gasteiger partial charge >= 0.3 is 6.01 Å². The zero-order valence-corrected chi connectivity index (χ0v) is 19.6. The van der Waals surface area contributed by atoms with E-state index in [0.717, 1.165) is 27.7 Å². The maximum absolute atomic E-state index is 12.0. The van der Waals surface area contributed by atoms with Gasteiger partial charge in [-0.25, -0.2) is 0 Å². The van der Waals surface area contributed by atoms with Crippen LogP contribution in [0.3, 0.4) is 0 Å². The highest BCUT2D eigenvalue weighted by Crippen LogP contribution is 2.40. The summed E-state index contributed by atoms with van der Waals surface area (Å²) in [5, 5.41) is 9.28. The molecule has 1 aliphatic rings. The lowest BCUT2D eigenvalue weighted by Gasteiger charge is -2.35. The summed E-state index contributed by atoms with van der Waals surface area (Å²) in [6, 6.07) is 7.78. The molecule has 0 bridgehead atoms. The van der Waals surface area contributed by atoms with Crippen LogP contribution in [0.4, 0.5) is 5.82 Å². The minimum absolute atomic E-state index is 0.0667.